The van der Waals surface area contributed by atoms with Crippen LogP contribution in [0.4, 0.5) is 0 Å². The van der Waals surface area contributed by atoms with Crippen molar-refractivity contribution in [3.05, 3.63) is 40.6 Å². The van der Waals surface area contributed by atoms with Crippen LogP contribution in [-0.4, -0.2) is 12.3 Å². The molecule has 0 aliphatic rings. The lowest BCUT2D eigenvalue weighted by atomic mass is 10.1. The molecule has 0 aliphatic carbocycles. The molecule has 0 saturated carbocycles. The molecule has 0 heterocycles. The van der Waals surface area contributed by atoms with Gasteiger partial charge in [-0.3, -0.25) is 5.23 Å². The Bertz CT molecular complexity index is 250. The standard InChI is InChI=1S/C9H12NO2/c1-8-4-3-5-9(6-8)7-10(11)12-2/h3-6H,7H2,1-2H3/q-1. The molecule has 66 valence electrons. The maximum atomic E-state index is 10.8. The molecular weight excluding hydrogens is 154 g/mol. The lowest BCUT2D eigenvalue weighted by Crippen LogP contribution is -2.13. The topological polar surface area (TPSA) is 35.5 Å². The predicted molar refractivity (Wildman–Crippen MR) is 47.1 cm³/mol. The lowest BCUT2D eigenvalue weighted by molar-refractivity contribution is -0.0949. The summed E-state index contributed by atoms with van der Waals surface area (Å²) in [7, 11) is 1.36. The van der Waals surface area contributed by atoms with Gasteiger partial charge in [0.1, 0.15) is 0 Å². The lowest BCUT2D eigenvalue weighted by Gasteiger charge is -2.24. The van der Waals surface area contributed by atoms with Crippen molar-refractivity contribution >= 4 is 0 Å². The molecule has 0 radical (unpaired) electrons. The van der Waals surface area contributed by atoms with Crippen molar-refractivity contribution in [1.29, 1.82) is 0 Å². The molecule has 1 rings (SSSR count). The summed E-state index contributed by atoms with van der Waals surface area (Å²) < 4.78 is 0. The Balaban J connectivity index is 2.63. The van der Waals surface area contributed by atoms with Crippen LogP contribution in [0.1, 0.15) is 11.1 Å². The van der Waals surface area contributed by atoms with Gasteiger partial charge in [0, 0.05) is 6.54 Å². The molecule has 1 aromatic carbocycles. The normalized spacial score (nSPS) is 10.7. The van der Waals surface area contributed by atoms with Crippen LogP contribution >= 0.6 is 0 Å². The Morgan fingerprint density at radius 2 is 2.25 bits per heavy atom. The van der Waals surface area contributed by atoms with Gasteiger partial charge in [0.2, 0.25) is 0 Å². The monoisotopic (exact) mass is 166 g/mol. The van der Waals surface area contributed by atoms with Gasteiger partial charge in [-0.05, 0) is 12.5 Å². The average Bonchev–Trinajstić information content (AvgIpc) is 2.04. The molecule has 0 saturated heterocycles. The highest BCUT2D eigenvalue weighted by Crippen LogP contribution is 2.06. The minimum atomic E-state index is 0.276. The summed E-state index contributed by atoms with van der Waals surface area (Å²) in [6.45, 7) is 2.27. The molecule has 3 nitrogen and oxygen atoms in total. The van der Waals surface area contributed by atoms with Crippen molar-refractivity contribution in [1.82, 2.24) is 5.23 Å². The van der Waals surface area contributed by atoms with Gasteiger partial charge in [0.15, 0.2) is 0 Å². The van der Waals surface area contributed by atoms with Crippen molar-refractivity contribution in [2.45, 2.75) is 13.5 Å². The molecule has 0 aliphatic heterocycles. The smallest absolute Gasteiger partial charge is 0.0563 e. The molecule has 0 bridgehead atoms. The van der Waals surface area contributed by atoms with Crippen molar-refractivity contribution in [2.24, 2.45) is 0 Å². The van der Waals surface area contributed by atoms with Crippen LogP contribution in [0.2, 0.25) is 0 Å². The summed E-state index contributed by atoms with van der Waals surface area (Å²) in [5.74, 6) is 0. The van der Waals surface area contributed by atoms with Crippen LogP contribution in [0.5, 0.6) is 0 Å². The van der Waals surface area contributed by atoms with Gasteiger partial charge in [0.05, 0.1) is 7.11 Å². The Morgan fingerprint density at radius 1 is 1.50 bits per heavy atom. The number of aryl methyl sites for hydroxylation is 1. The minimum Gasteiger partial charge on any atom is -0.762 e. The van der Waals surface area contributed by atoms with E-state index in [2.05, 4.69) is 4.84 Å². The van der Waals surface area contributed by atoms with Gasteiger partial charge in [-0.15, -0.1) is 0 Å². The molecule has 0 unspecified atom stereocenters. The van der Waals surface area contributed by atoms with Crippen LogP contribution in [0, 0.1) is 12.1 Å². The van der Waals surface area contributed by atoms with E-state index in [4.69, 9.17) is 0 Å². The molecule has 0 aromatic heterocycles. The average molecular weight is 166 g/mol. The van der Waals surface area contributed by atoms with Gasteiger partial charge < -0.3 is 10.0 Å². The van der Waals surface area contributed by atoms with Crippen molar-refractivity contribution in [3.8, 4) is 0 Å². The van der Waals surface area contributed by atoms with E-state index in [0.717, 1.165) is 11.1 Å². The fraction of sp³-hybridized carbons (Fsp3) is 0.333. The van der Waals surface area contributed by atoms with Crippen molar-refractivity contribution < 1.29 is 4.84 Å². The summed E-state index contributed by atoms with van der Waals surface area (Å²) in [5, 5.41) is 11.3. The first-order chi connectivity index (χ1) is 5.72. The number of nitrogens with zero attached hydrogens (tertiary/aromatic N) is 1. The second-order valence-electron chi connectivity index (χ2n) is 2.66. The molecular formula is C9H12NO2-. The molecule has 3 heteroatoms. The van der Waals surface area contributed by atoms with E-state index in [-0.39, 0.29) is 6.54 Å². The quantitative estimate of drug-likeness (QED) is 0.643. The highest BCUT2D eigenvalue weighted by atomic mass is 16.9. The van der Waals surface area contributed by atoms with Crippen molar-refractivity contribution in [2.75, 3.05) is 7.11 Å². The first-order valence-electron chi connectivity index (χ1n) is 3.76. The largest absolute Gasteiger partial charge is 0.762 e. The number of hydroxylamine groups is 2. The molecule has 0 spiro atoms. The Morgan fingerprint density at radius 3 is 2.83 bits per heavy atom. The third-order valence-corrected chi connectivity index (χ3v) is 1.60. The number of benzene rings is 1. The van der Waals surface area contributed by atoms with Gasteiger partial charge in [0.25, 0.3) is 0 Å². The van der Waals surface area contributed by atoms with Crippen LogP contribution in [0.25, 0.3) is 0 Å². The summed E-state index contributed by atoms with van der Waals surface area (Å²) in [6.07, 6.45) is 0. The highest BCUT2D eigenvalue weighted by Gasteiger charge is 1.93. The zero-order chi connectivity index (χ0) is 8.97. The summed E-state index contributed by atoms with van der Waals surface area (Å²) >= 11 is 0. The molecule has 0 amide bonds. The van der Waals surface area contributed by atoms with E-state index < -0.39 is 0 Å². The Hall–Kier alpha value is -0.900. The third kappa shape index (κ3) is 2.62. The van der Waals surface area contributed by atoms with E-state index in [9.17, 15) is 5.21 Å². The minimum absolute atomic E-state index is 0.276. The summed E-state index contributed by atoms with van der Waals surface area (Å²) in [5.41, 5.74) is 2.11. The highest BCUT2D eigenvalue weighted by molar-refractivity contribution is 5.21. The van der Waals surface area contributed by atoms with Gasteiger partial charge in [-0.1, -0.05) is 29.8 Å². The summed E-state index contributed by atoms with van der Waals surface area (Å²) in [6, 6.07) is 7.78. The van der Waals surface area contributed by atoms with Crippen LogP contribution in [-0.2, 0) is 11.4 Å². The number of hydrogen-bond acceptors (Lipinski definition) is 3. The van der Waals surface area contributed by atoms with Crippen LogP contribution in [0.15, 0.2) is 24.3 Å². The second kappa shape index (κ2) is 4.21. The van der Waals surface area contributed by atoms with E-state index in [1.54, 1.807) is 0 Å². The first-order valence-corrected chi connectivity index (χ1v) is 3.76. The molecule has 0 atom stereocenters. The van der Waals surface area contributed by atoms with Crippen molar-refractivity contribution in [3.63, 3.8) is 0 Å². The van der Waals surface area contributed by atoms with E-state index in [1.807, 2.05) is 31.2 Å². The molecule has 0 N–H and O–H groups in total. The molecule has 0 fully saturated rings. The maximum Gasteiger partial charge on any atom is 0.0563 e. The van der Waals surface area contributed by atoms with Crippen LogP contribution < -0.4 is 0 Å². The van der Waals surface area contributed by atoms with Gasteiger partial charge in [-0.25, -0.2) is 0 Å². The molecule has 1 aromatic rings. The Labute approximate surface area is 72.1 Å². The van der Waals surface area contributed by atoms with E-state index in [1.165, 1.54) is 7.11 Å². The second-order valence-corrected chi connectivity index (χ2v) is 2.66. The van der Waals surface area contributed by atoms with Crippen LogP contribution in [0.3, 0.4) is 0 Å². The fourth-order valence-corrected chi connectivity index (χ4v) is 1.02. The van der Waals surface area contributed by atoms with Gasteiger partial charge >= 0.3 is 0 Å². The third-order valence-electron chi connectivity index (χ3n) is 1.60. The maximum absolute atomic E-state index is 10.8. The SMILES string of the molecule is CON([O-])Cc1cccc(C)c1. The number of hydrogen-bond donors (Lipinski definition) is 0. The fourth-order valence-electron chi connectivity index (χ4n) is 1.02. The Kier molecular flexibility index (Phi) is 3.22. The zero-order valence-electron chi connectivity index (χ0n) is 7.28. The van der Waals surface area contributed by atoms with E-state index in [0.29, 0.717) is 5.23 Å². The summed E-state index contributed by atoms with van der Waals surface area (Å²) in [4.78, 5) is 4.47. The number of rotatable bonds is 3. The van der Waals surface area contributed by atoms with Gasteiger partial charge in [-0.2, -0.15) is 0 Å². The zero-order valence-corrected chi connectivity index (χ0v) is 7.28. The first kappa shape index (κ1) is 9.19. The molecule has 12 heavy (non-hydrogen) atoms. The predicted octanol–water partition coefficient (Wildman–Crippen LogP) is 1.86. The van der Waals surface area contributed by atoms with E-state index >= 15 is 0 Å².